The Morgan fingerprint density at radius 3 is 2.72 bits per heavy atom. The van der Waals surface area contributed by atoms with Crippen LogP contribution in [0.5, 0.6) is 0 Å². The lowest BCUT2D eigenvalue weighted by Gasteiger charge is -2.48. The minimum absolute atomic E-state index is 0.157. The first-order valence-electron chi connectivity index (χ1n) is 9.14. The van der Waals surface area contributed by atoms with Crippen LogP contribution in [0.2, 0.25) is 0 Å². The zero-order chi connectivity index (χ0) is 17.2. The van der Waals surface area contributed by atoms with Gasteiger partial charge in [-0.05, 0) is 36.7 Å². The number of likely N-dealkylation sites (tertiary alicyclic amines) is 1. The molecule has 4 rings (SSSR count). The zero-order valence-electron chi connectivity index (χ0n) is 14.2. The summed E-state index contributed by atoms with van der Waals surface area (Å²) in [5.41, 5.74) is 1.19. The molecule has 1 aliphatic carbocycles. The molecule has 0 radical (unpaired) electrons. The molecule has 5 heteroatoms. The second kappa shape index (κ2) is 6.82. The molecule has 1 aromatic heterocycles. The summed E-state index contributed by atoms with van der Waals surface area (Å²) in [5, 5.41) is 0. The minimum Gasteiger partial charge on any atom is -0.335 e. The number of nitrogens with zero attached hydrogens (tertiary/aromatic N) is 2. The second-order valence-electron chi connectivity index (χ2n) is 7.11. The van der Waals surface area contributed by atoms with Crippen molar-refractivity contribution in [1.82, 2.24) is 14.9 Å². The number of nitrogens with one attached hydrogen (secondary N) is 1. The number of H-pyrrole nitrogens is 1. The molecular formula is C20H23N3O2. The van der Waals surface area contributed by atoms with Crippen molar-refractivity contribution in [2.24, 2.45) is 5.92 Å². The molecule has 25 heavy (non-hydrogen) atoms. The zero-order valence-corrected chi connectivity index (χ0v) is 14.2. The van der Waals surface area contributed by atoms with E-state index in [1.807, 2.05) is 4.90 Å². The van der Waals surface area contributed by atoms with Gasteiger partial charge in [-0.15, -0.1) is 0 Å². The van der Waals surface area contributed by atoms with Crippen LogP contribution in [0.4, 0.5) is 0 Å². The summed E-state index contributed by atoms with van der Waals surface area (Å²) in [6.07, 6.45) is 8.21. The topological polar surface area (TPSA) is 66.1 Å². The van der Waals surface area contributed by atoms with Gasteiger partial charge in [0.25, 0.3) is 11.5 Å². The standard InChI is InChI=1S/C20H23N3O2/c24-19-17(12-21-13-22-19)20(25)23-11-10-15(14-6-2-1-3-7-14)16-8-4-5-9-18(16)23/h1-3,6-7,12-13,15-16,18H,4-5,8-11H2,(H,21,22,24)/t15-,16-,18-/m1/s1. The molecule has 0 unspecified atom stereocenters. The maximum absolute atomic E-state index is 13.0. The molecule has 2 aliphatic rings. The van der Waals surface area contributed by atoms with Crippen LogP contribution in [0.1, 0.15) is 53.9 Å². The highest BCUT2D eigenvalue weighted by Gasteiger charge is 2.42. The molecule has 5 nitrogen and oxygen atoms in total. The Kier molecular flexibility index (Phi) is 4.38. The Morgan fingerprint density at radius 2 is 1.92 bits per heavy atom. The van der Waals surface area contributed by atoms with E-state index in [1.54, 1.807) is 0 Å². The molecule has 3 atom stereocenters. The third-order valence-electron chi connectivity index (χ3n) is 5.82. The third kappa shape index (κ3) is 2.99. The van der Waals surface area contributed by atoms with E-state index in [2.05, 4.69) is 40.3 Å². The van der Waals surface area contributed by atoms with E-state index in [9.17, 15) is 9.59 Å². The molecule has 1 N–H and O–H groups in total. The molecule has 1 aliphatic heterocycles. The Bertz CT molecular complexity index is 802. The number of rotatable bonds is 2. The molecule has 0 spiro atoms. The molecule has 2 heterocycles. The number of hydrogen-bond donors (Lipinski definition) is 1. The van der Waals surface area contributed by atoms with Crippen LogP contribution in [0, 0.1) is 5.92 Å². The van der Waals surface area contributed by atoms with Gasteiger partial charge >= 0.3 is 0 Å². The lowest BCUT2D eigenvalue weighted by molar-refractivity contribution is 0.0317. The lowest BCUT2D eigenvalue weighted by Crippen LogP contribution is -2.53. The van der Waals surface area contributed by atoms with Crippen molar-refractivity contribution in [2.75, 3.05) is 6.54 Å². The van der Waals surface area contributed by atoms with Gasteiger partial charge in [-0.25, -0.2) is 4.98 Å². The SMILES string of the molecule is O=C(c1cnc[nH]c1=O)N1CC[C@H](c2ccccc2)[C@H]2CCCC[C@H]21. The molecule has 1 saturated heterocycles. The Balaban J connectivity index is 1.63. The molecular weight excluding hydrogens is 314 g/mol. The Labute approximate surface area is 147 Å². The molecule has 2 fully saturated rings. The van der Waals surface area contributed by atoms with Crippen molar-refractivity contribution >= 4 is 5.91 Å². The number of piperidine rings is 1. The normalized spacial score (nSPS) is 26.1. The summed E-state index contributed by atoms with van der Waals surface area (Å²) >= 11 is 0. The van der Waals surface area contributed by atoms with E-state index in [0.29, 0.717) is 18.4 Å². The first kappa shape index (κ1) is 16.1. The van der Waals surface area contributed by atoms with Gasteiger partial charge in [-0.2, -0.15) is 0 Å². The van der Waals surface area contributed by atoms with Crippen LogP contribution in [0.15, 0.2) is 47.7 Å². The average molecular weight is 337 g/mol. The number of carbonyl (C=O) groups excluding carboxylic acids is 1. The van der Waals surface area contributed by atoms with E-state index >= 15 is 0 Å². The van der Waals surface area contributed by atoms with Crippen molar-refractivity contribution in [3.8, 4) is 0 Å². The van der Waals surface area contributed by atoms with Crippen molar-refractivity contribution in [3.63, 3.8) is 0 Å². The molecule has 2 aromatic rings. The van der Waals surface area contributed by atoms with Gasteiger partial charge < -0.3 is 9.88 Å². The van der Waals surface area contributed by atoms with Gasteiger partial charge in [0.15, 0.2) is 0 Å². The highest BCUT2D eigenvalue weighted by atomic mass is 16.2. The van der Waals surface area contributed by atoms with Crippen LogP contribution < -0.4 is 5.56 Å². The Hall–Kier alpha value is -2.43. The number of amides is 1. The number of benzene rings is 1. The van der Waals surface area contributed by atoms with Crippen LogP contribution in [0.3, 0.4) is 0 Å². The first-order valence-corrected chi connectivity index (χ1v) is 9.14. The van der Waals surface area contributed by atoms with Crippen molar-refractivity contribution in [2.45, 2.75) is 44.1 Å². The summed E-state index contributed by atoms with van der Waals surface area (Å²) in [6, 6.07) is 10.9. The maximum atomic E-state index is 13.0. The summed E-state index contributed by atoms with van der Waals surface area (Å²) in [6.45, 7) is 0.702. The maximum Gasteiger partial charge on any atom is 0.263 e. The quantitative estimate of drug-likeness (QED) is 0.916. The smallest absolute Gasteiger partial charge is 0.263 e. The number of aromatic amines is 1. The van der Waals surface area contributed by atoms with E-state index in [1.165, 1.54) is 24.5 Å². The highest BCUT2D eigenvalue weighted by molar-refractivity contribution is 5.93. The highest BCUT2D eigenvalue weighted by Crippen LogP contribution is 2.44. The summed E-state index contributed by atoms with van der Waals surface area (Å²) in [5.74, 6) is 0.810. The average Bonchev–Trinajstić information content (AvgIpc) is 2.68. The number of aromatic nitrogens is 2. The number of carbonyl (C=O) groups is 1. The van der Waals surface area contributed by atoms with Crippen molar-refractivity contribution in [3.05, 3.63) is 64.3 Å². The van der Waals surface area contributed by atoms with E-state index in [4.69, 9.17) is 0 Å². The van der Waals surface area contributed by atoms with Crippen LogP contribution in [0.25, 0.3) is 0 Å². The summed E-state index contributed by atoms with van der Waals surface area (Å²) in [7, 11) is 0. The van der Waals surface area contributed by atoms with Crippen LogP contribution in [-0.4, -0.2) is 33.4 Å². The molecule has 1 aromatic carbocycles. The van der Waals surface area contributed by atoms with Gasteiger partial charge in [-0.3, -0.25) is 9.59 Å². The second-order valence-corrected chi connectivity index (χ2v) is 7.11. The number of fused-ring (bicyclic) bond motifs is 1. The Morgan fingerprint density at radius 1 is 1.12 bits per heavy atom. The number of hydrogen-bond acceptors (Lipinski definition) is 3. The predicted molar refractivity (Wildman–Crippen MR) is 95.4 cm³/mol. The molecule has 1 amide bonds. The lowest BCUT2D eigenvalue weighted by atomic mass is 9.69. The van der Waals surface area contributed by atoms with Gasteiger partial charge in [0, 0.05) is 18.8 Å². The van der Waals surface area contributed by atoms with Crippen LogP contribution in [-0.2, 0) is 0 Å². The monoisotopic (exact) mass is 337 g/mol. The van der Waals surface area contributed by atoms with Crippen molar-refractivity contribution < 1.29 is 4.79 Å². The minimum atomic E-state index is -0.349. The largest absolute Gasteiger partial charge is 0.335 e. The summed E-state index contributed by atoms with van der Waals surface area (Å²) in [4.78, 5) is 33.4. The fraction of sp³-hybridized carbons (Fsp3) is 0.450. The van der Waals surface area contributed by atoms with E-state index in [-0.39, 0.29) is 23.1 Å². The van der Waals surface area contributed by atoms with Gasteiger partial charge in [0.1, 0.15) is 5.56 Å². The first-order chi connectivity index (χ1) is 12.3. The van der Waals surface area contributed by atoms with Crippen LogP contribution >= 0.6 is 0 Å². The van der Waals surface area contributed by atoms with Gasteiger partial charge in [-0.1, -0.05) is 43.2 Å². The van der Waals surface area contributed by atoms with Crippen molar-refractivity contribution in [1.29, 1.82) is 0 Å². The van der Waals surface area contributed by atoms with E-state index < -0.39 is 0 Å². The molecule has 130 valence electrons. The summed E-state index contributed by atoms with van der Waals surface area (Å²) < 4.78 is 0. The molecule has 1 saturated carbocycles. The van der Waals surface area contributed by atoms with Gasteiger partial charge in [0.2, 0.25) is 0 Å². The van der Waals surface area contributed by atoms with Gasteiger partial charge in [0.05, 0.1) is 6.33 Å². The third-order valence-corrected chi connectivity index (χ3v) is 5.82. The predicted octanol–water partition coefficient (Wildman–Crippen LogP) is 2.96. The molecule has 0 bridgehead atoms. The fourth-order valence-corrected chi connectivity index (χ4v) is 4.67. The fourth-order valence-electron chi connectivity index (χ4n) is 4.67. The van der Waals surface area contributed by atoms with E-state index in [0.717, 1.165) is 25.7 Å².